The van der Waals surface area contributed by atoms with E-state index in [0.717, 1.165) is 33.8 Å². The molecule has 2 aromatic carbocycles. The van der Waals surface area contributed by atoms with Crippen molar-refractivity contribution < 1.29 is 18.8 Å². The Labute approximate surface area is 183 Å². The van der Waals surface area contributed by atoms with E-state index in [1.807, 2.05) is 31.2 Å². The topological polar surface area (TPSA) is 94.4 Å². The summed E-state index contributed by atoms with van der Waals surface area (Å²) in [4.78, 5) is 27.5. The van der Waals surface area contributed by atoms with Crippen molar-refractivity contribution in [2.75, 3.05) is 5.32 Å². The predicted octanol–water partition coefficient (Wildman–Crippen LogP) is 6.27. The lowest BCUT2D eigenvalue weighted by atomic mass is 10.1. The van der Waals surface area contributed by atoms with Crippen LogP contribution in [0, 0.1) is 22.9 Å². The summed E-state index contributed by atoms with van der Waals surface area (Å²) in [6, 6.07) is 16.0. The number of rotatable bonds is 6. The number of ether oxygens (including phenoxy) is 1. The minimum atomic E-state index is -0.550. The number of thiazole rings is 1. The third-order valence-electron chi connectivity index (χ3n) is 4.14. The highest BCUT2D eigenvalue weighted by Gasteiger charge is 2.20. The Kier molecular flexibility index (Phi) is 5.74. The summed E-state index contributed by atoms with van der Waals surface area (Å²) in [5.41, 5.74) is 2.32. The fraction of sp³-hybridized carbons (Fsp3) is 0.0476. The molecule has 10 heteroatoms. The summed E-state index contributed by atoms with van der Waals surface area (Å²) in [7, 11) is 0. The van der Waals surface area contributed by atoms with Gasteiger partial charge in [-0.3, -0.25) is 20.2 Å². The molecule has 0 aliphatic carbocycles. The van der Waals surface area contributed by atoms with Crippen molar-refractivity contribution in [3.8, 4) is 22.1 Å². The molecule has 0 fully saturated rings. The average Bonchev–Trinajstić information content (AvgIpc) is 3.36. The molecule has 2 aromatic heterocycles. The summed E-state index contributed by atoms with van der Waals surface area (Å²) in [5, 5.41) is 14.0. The summed E-state index contributed by atoms with van der Waals surface area (Å²) >= 11 is 1.85. The Morgan fingerprint density at radius 1 is 1.13 bits per heavy atom. The molecule has 0 spiro atoms. The monoisotopic (exact) mass is 455 g/mol. The highest BCUT2D eigenvalue weighted by molar-refractivity contribution is 7.19. The molecule has 0 radical (unpaired) electrons. The molecule has 1 N–H and O–H groups in total. The molecule has 0 atom stereocenters. The lowest BCUT2D eigenvalue weighted by Gasteiger charge is -2.05. The van der Waals surface area contributed by atoms with Gasteiger partial charge in [0, 0.05) is 17.7 Å². The van der Waals surface area contributed by atoms with Crippen LogP contribution in [0.5, 0.6) is 10.8 Å². The first-order valence-electron chi connectivity index (χ1n) is 8.96. The standard InChI is InChI=1S/C21H14FN3O4S2/c1-12-5-7-13(8-6-12)18-20(29-15-4-2-3-14(22)11-15)31-21(23-18)24-19(26)16-9-10-17(30-16)25(27)28/h2-11H,1H3,(H,23,24,26). The number of hydrogen-bond acceptors (Lipinski definition) is 7. The van der Waals surface area contributed by atoms with Gasteiger partial charge >= 0.3 is 5.00 Å². The number of carbonyl (C=O) groups is 1. The second-order valence-electron chi connectivity index (χ2n) is 6.43. The van der Waals surface area contributed by atoms with Gasteiger partial charge in [0.05, 0.1) is 9.80 Å². The molecule has 2 heterocycles. The van der Waals surface area contributed by atoms with Gasteiger partial charge in [-0.25, -0.2) is 9.37 Å². The number of benzene rings is 2. The van der Waals surface area contributed by atoms with Crippen LogP contribution in [0.1, 0.15) is 15.2 Å². The molecule has 0 aliphatic heterocycles. The number of nitrogens with zero attached hydrogens (tertiary/aromatic N) is 2. The van der Waals surface area contributed by atoms with Gasteiger partial charge in [0.15, 0.2) is 5.13 Å². The zero-order valence-electron chi connectivity index (χ0n) is 16.0. The predicted molar refractivity (Wildman–Crippen MR) is 118 cm³/mol. The summed E-state index contributed by atoms with van der Waals surface area (Å²) in [5.74, 6) is -0.657. The van der Waals surface area contributed by atoms with Crippen LogP contribution in [0.3, 0.4) is 0 Å². The fourth-order valence-corrected chi connectivity index (χ4v) is 4.24. The number of amides is 1. The van der Waals surface area contributed by atoms with Crippen LogP contribution in [0.25, 0.3) is 11.3 Å². The molecule has 1 amide bonds. The van der Waals surface area contributed by atoms with Crippen molar-refractivity contribution in [3.63, 3.8) is 0 Å². The van der Waals surface area contributed by atoms with Gasteiger partial charge in [-0.1, -0.05) is 58.6 Å². The molecule has 0 saturated heterocycles. The van der Waals surface area contributed by atoms with Gasteiger partial charge in [0.1, 0.15) is 17.3 Å². The Hall–Kier alpha value is -3.63. The minimum absolute atomic E-state index is 0.125. The molecule has 0 bridgehead atoms. The summed E-state index contributed by atoms with van der Waals surface area (Å²) < 4.78 is 19.4. The molecule has 4 aromatic rings. The van der Waals surface area contributed by atoms with E-state index in [0.29, 0.717) is 16.5 Å². The van der Waals surface area contributed by atoms with Crippen molar-refractivity contribution in [1.29, 1.82) is 0 Å². The maximum absolute atomic E-state index is 13.6. The maximum atomic E-state index is 13.6. The van der Waals surface area contributed by atoms with Crippen LogP contribution < -0.4 is 10.1 Å². The number of thiophene rings is 1. The fourth-order valence-electron chi connectivity index (χ4n) is 2.67. The van der Waals surface area contributed by atoms with E-state index in [-0.39, 0.29) is 15.0 Å². The third kappa shape index (κ3) is 4.76. The Morgan fingerprint density at radius 3 is 2.58 bits per heavy atom. The lowest BCUT2D eigenvalue weighted by Crippen LogP contribution is -2.09. The van der Waals surface area contributed by atoms with Crippen molar-refractivity contribution in [3.05, 3.63) is 87.0 Å². The van der Waals surface area contributed by atoms with Crippen molar-refractivity contribution in [2.45, 2.75) is 6.92 Å². The van der Waals surface area contributed by atoms with E-state index in [9.17, 15) is 19.3 Å². The van der Waals surface area contributed by atoms with Gasteiger partial charge < -0.3 is 4.74 Å². The minimum Gasteiger partial charge on any atom is -0.444 e. The van der Waals surface area contributed by atoms with Crippen LogP contribution in [0.4, 0.5) is 14.5 Å². The zero-order valence-corrected chi connectivity index (χ0v) is 17.6. The van der Waals surface area contributed by atoms with E-state index in [1.54, 1.807) is 6.07 Å². The van der Waals surface area contributed by atoms with Crippen molar-refractivity contribution in [2.24, 2.45) is 0 Å². The second-order valence-corrected chi connectivity index (χ2v) is 8.45. The first kappa shape index (κ1) is 20.6. The first-order valence-corrected chi connectivity index (χ1v) is 10.6. The van der Waals surface area contributed by atoms with E-state index < -0.39 is 16.6 Å². The Bertz CT molecular complexity index is 1270. The summed E-state index contributed by atoms with van der Waals surface area (Å²) in [6.45, 7) is 1.96. The number of nitrogens with one attached hydrogen (secondary N) is 1. The van der Waals surface area contributed by atoms with Crippen LogP contribution in [-0.4, -0.2) is 15.8 Å². The number of nitro groups is 1. The van der Waals surface area contributed by atoms with E-state index in [2.05, 4.69) is 10.3 Å². The average molecular weight is 455 g/mol. The highest BCUT2D eigenvalue weighted by atomic mass is 32.1. The van der Waals surface area contributed by atoms with Gasteiger partial charge in [0.25, 0.3) is 5.91 Å². The molecule has 4 rings (SSSR count). The van der Waals surface area contributed by atoms with Crippen LogP contribution in [0.15, 0.2) is 60.7 Å². The van der Waals surface area contributed by atoms with Crippen molar-refractivity contribution >= 4 is 38.7 Å². The Balaban J connectivity index is 1.65. The molecule has 31 heavy (non-hydrogen) atoms. The van der Waals surface area contributed by atoms with Crippen molar-refractivity contribution in [1.82, 2.24) is 4.98 Å². The molecule has 156 valence electrons. The van der Waals surface area contributed by atoms with Crippen LogP contribution >= 0.6 is 22.7 Å². The zero-order chi connectivity index (χ0) is 22.0. The molecule has 0 unspecified atom stereocenters. The first-order chi connectivity index (χ1) is 14.9. The molecular formula is C21H14FN3O4S2. The largest absolute Gasteiger partial charge is 0.444 e. The molecule has 7 nitrogen and oxygen atoms in total. The van der Waals surface area contributed by atoms with E-state index >= 15 is 0 Å². The second kappa shape index (κ2) is 8.62. The van der Waals surface area contributed by atoms with Gasteiger partial charge in [-0.15, -0.1) is 0 Å². The number of anilines is 1. The Morgan fingerprint density at radius 2 is 1.90 bits per heavy atom. The summed E-state index contributed by atoms with van der Waals surface area (Å²) in [6.07, 6.45) is 0. The normalized spacial score (nSPS) is 10.6. The van der Waals surface area contributed by atoms with E-state index in [4.69, 9.17) is 4.74 Å². The highest BCUT2D eigenvalue weighted by Crippen LogP contribution is 2.41. The van der Waals surface area contributed by atoms with Gasteiger partial charge in [0.2, 0.25) is 5.06 Å². The molecule has 0 saturated carbocycles. The molecular weight excluding hydrogens is 441 g/mol. The number of halogens is 1. The third-order valence-corrected chi connectivity index (χ3v) is 6.03. The quantitative estimate of drug-likeness (QED) is 0.273. The smallest absolute Gasteiger partial charge is 0.324 e. The molecule has 0 aliphatic rings. The van der Waals surface area contributed by atoms with Crippen LogP contribution in [0.2, 0.25) is 0 Å². The number of hydrogen-bond donors (Lipinski definition) is 1. The number of carbonyl (C=O) groups excluding carboxylic acids is 1. The number of aromatic nitrogens is 1. The van der Waals surface area contributed by atoms with Gasteiger partial charge in [-0.2, -0.15) is 0 Å². The van der Waals surface area contributed by atoms with Gasteiger partial charge in [-0.05, 0) is 25.1 Å². The maximum Gasteiger partial charge on any atom is 0.324 e. The van der Waals surface area contributed by atoms with E-state index in [1.165, 1.54) is 30.3 Å². The van der Waals surface area contributed by atoms with Crippen LogP contribution in [-0.2, 0) is 0 Å². The lowest BCUT2D eigenvalue weighted by molar-refractivity contribution is -0.380. The number of aryl methyl sites for hydroxylation is 1. The SMILES string of the molecule is Cc1ccc(-c2nc(NC(=O)c3ccc([N+](=O)[O-])s3)sc2Oc2cccc(F)c2)cc1.